The summed E-state index contributed by atoms with van der Waals surface area (Å²) < 4.78 is 6.90. The number of hydrogen-bond donors (Lipinski definition) is 1. The molecule has 1 N–H and O–H groups in total. The van der Waals surface area contributed by atoms with Gasteiger partial charge in [0.05, 0.1) is 29.7 Å². The molecule has 5 heteroatoms. The molecule has 4 aromatic rings. The summed E-state index contributed by atoms with van der Waals surface area (Å²) in [6.07, 6.45) is 3.73. The summed E-state index contributed by atoms with van der Waals surface area (Å²) in [5.74, 6) is 0.765. The lowest BCUT2D eigenvalue weighted by molar-refractivity contribution is 0.415. The summed E-state index contributed by atoms with van der Waals surface area (Å²) in [6, 6.07) is 23.4. The number of fused-ring (bicyclic) bond motifs is 1. The van der Waals surface area contributed by atoms with E-state index in [1.807, 2.05) is 92.0 Å². The van der Waals surface area contributed by atoms with Gasteiger partial charge in [0, 0.05) is 22.9 Å². The molecule has 3 aromatic carbocycles. The zero-order valence-corrected chi connectivity index (χ0v) is 17.3. The van der Waals surface area contributed by atoms with Crippen LogP contribution in [0.1, 0.15) is 16.7 Å². The lowest BCUT2D eigenvalue weighted by Gasteiger charge is -2.06. The summed E-state index contributed by atoms with van der Waals surface area (Å²) >= 11 is 0. The molecule has 0 atom stereocenters. The molecule has 0 fully saturated rings. The topological polar surface area (TPSA) is 59.4 Å². The minimum atomic E-state index is -0.106. The highest BCUT2D eigenvalue weighted by Crippen LogP contribution is 2.33. The van der Waals surface area contributed by atoms with Crippen molar-refractivity contribution >= 4 is 23.6 Å². The molecule has 2 heterocycles. The SMILES string of the molecule is COc1ccc(-c2[nH]n(-c3ccccc3C)c(=O)c2C=C2C=Nc3ccccc32)cc1. The van der Waals surface area contributed by atoms with Crippen LogP contribution in [0.4, 0.5) is 5.69 Å². The van der Waals surface area contributed by atoms with Crippen molar-refractivity contribution in [3.8, 4) is 22.7 Å². The number of allylic oxidation sites excluding steroid dienone is 1. The van der Waals surface area contributed by atoms with Crippen molar-refractivity contribution in [2.45, 2.75) is 6.92 Å². The highest BCUT2D eigenvalue weighted by atomic mass is 16.5. The lowest BCUT2D eigenvalue weighted by atomic mass is 10.0. The van der Waals surface area contributed by atoms with E-state index in [1.165, 1.54) is 0 Å². The Hall–Kier alpha value is -4.12. The fourth-order valence-electron chi connectivity index (χ4n) is 3.86. The average Bonchev–Trinajstić information content (AvgIpc) is 3.36. The van der Waals surface area contributed by atoms with Crippen LogP contribution < -0.4 is 10.3 Å². The second kappa shape index (κ2) is 7.61. The minimum absolute atomic E-state index is 0.106. The smallest absolute Gasteiger partial charge is 0.279 e. The van der Waals surface area contributed by atoms with Crippen LogP contribution in [0.2, 0.25) is 0 Å². The standard InChI is InChI=1S/C26H21N3O2/c1-17-7-3-6-10-24(17)29-26(30)22(15-19-16-27-23-9-5-4-8-21(19)23)25(28-29)18-11-13-20(31-2)14-12-18/h3-16,28H,1-2H3. The molecule has 0 unspecified atom stereocenters. The third-order valence-electron chi connectivity index (χ3n) is 5.52. The summed E-state index contributed by atoms with van der Waals surface area (Å²) in [7, 11) is 1.64. The number of aromatic amines is 1. The van der Waals surface area contributed by atoms with E-state index in [2.05, 4.69) is 10.1 Å². The molecule has 5 rings (SSSR count). The molecule has 5 nitrogen and oxygen atoms in total. The molecule has 31 heavy (non-hydrogen) atoms. The number of H-pyrrole nitrogens is 1. The second-order valence-corrected chi connectivity index (χ2v) is 7.43. The Bertz CT molecular complexity index is 1390. The number of benzene rings is 3. The molecule has 0 spiro atoms. The lowest BCUT2D eigenvalue weighted by Crippen LogP contribution is -2.16. The summed E-state index contributed by atoms with van der Waals surface area (Å²) in [5, 5.41) is 3.33. The molecule has 0 bridgehead atoms. The normalized spacial score (nSPS) is 13.5. The van der Waals surface area contributed by atoms with E-state index >= 15 is 0 Å². The maximum absolute atomic E-state index is 13.6. The summed E-state index contributed by atoms with van der Waals surface area (Å²) in [5.41, 5.74) is 6.82. The van der Waals surface area contributed by atoms with E-state index in [9.17, 15) is 4.79 Å². The maximum atomic E-state index is 13.6. The van der Waals surface area contributed by atoms with Gasteiger partial charge >= 0.3 is 0 Å². The number of nitrogens with zero attached hydrogens (tertiary/aromatic N) is 2. The van der Waals surface area contributed by atoms with Crippen LogP contribution in [-0.4, -0.2) is 23.1 Å². The van der Waals surface area contributed by atoms with Gasteiger partial charge in [0.2, 0.25) is 0 Å². The number of aromatic nitrogens is 2. The third-order valence-corrected chi connectivity index (χ3v) is 5.52. The third kappa shape index (κ3) is 3.30. The predicted molar refractivity (Wildman–Crippen MR) is 126 cm³/mol. The molecule has 152 valence electrons. The van der Waals surface area contributed by atoms with Gasteiger partial charge in [-0.25, -0.2) is 4.68 Å². The zero-order valence-electron chi connectivity index (χ0n) is 17.3. The van der Waals surface area contributed by atoms with Crippen molar-refractivity contribution in [2.24, 2.45) is 4.99 Å². The quantitative estimate of drug-likeness (QED) is 0.492. The van der Waals surface area contributed by atoms with Crippen molar-refractivity contribution in [1.29, 1.82) is 0 Å². The number of rotatable bonds is 4. The molecule has 0 saturated carbocycles. The molecule has 1 aliphatic rings. The summed E-state index contributed by atoms with van der Waals surface area (Å²) in [4.78, 5) is 18.0. The van der Waals surface area contributed by atoms with Gasteiger partial charge in [-0.3, -0.25) is 14.9 Å². The average molecular weight is 407 g/mol. The maximum Gasteiger partial charge on any atom is 0.279 e. The van der Waals surface area contributed by atoms with Gasteiger partial charge in [0.25, 0.3) is 5.56 Å². The largest absolute Gasteiger partial charge is 0.497 e. The molecule has 1 aromatic heterocycles. The van der Waals surface area contributed by atoms with Gasteiger partial charge in [-0.1, -0.05) is 36.4 Å². The van der Waals surface area contributed by atoms with Crippen molar-refractivity contribution in [2.75, 3.05) is 7.11 Å². The molecule has 0 saturated heterocycles. The van der Waals surface area contributed by atoms with Crippen LogP contribution in [0, 0.1) is 6.92 Å². The van der Waals surface area contributed by atoms with Gasteiger partial charge in [0.1, 0.15) is 5.75 Å². The molecule has 0 amide bonds. The van der Waals surface area contributed by atoms with E-state index in [0.717, 1.165) is 45.1 Å². The first-order valence-corrected chi connectivity index (χ1v) is 10.1. The first-order valence-electron chi connectivity index (χ1n) is 10.1. The van der Waals surface area contributed by atoms with Crippen LogP contribution in [-0.2, 0) is 0 Å². The van der Waals surface area contributed by atoms with Gasteiger partial charge in [-0.2, -0.15) is 0 Å². The van der Waals surface area contributed by atoms with Crippen LogP contribution in [0.15, 0.2) is 82.6 Å². The number of aliphatic imine (C=N–C) groups is 1. The van der Waals surface area contributed by atoms with Crippen LogP contribution in [0.3, 0.4) is 0 Å². The second-order valence-electron chi connectivity index (χ2n) is 7.43. The van der Waals surface area contributed by atoms with Crippen molar-refractivity contribution < 1.29 is 4.74 Å². The minimum Gasteiger partial charge on any atom is -0.497 e. The van der Waals surface area contributed by atoms with E-state index in [1.54, 1.807) is 11.8 Å². The number of nitrogens with one attached hydrogen (secondary N) is 1. The Labute approximate surface area is 180 Å². The van der Waals surface area contributed by atoms with Crippen molar-refractivity contribution in [1.82, 2.24) is 9.78 Å². The predicted octanol–water partition coefficient (Wildman–Crippen LogP) is 5.41. The monoisotopic (exact) mass is 407 g/mol. The van der Waals surface area contributed by atoms with E-state index in [0.29, 0.717) is 5.56 Å². The van der Waals surface area contributed by atoms with Crippen LogP contribution >= 0.6 is 0 Å². The Morgan fingerprint density at radius 1 is 0.968 bits per heavy atom. The Balaban J connectivity index is 1.73. The molecule has 0 radical (unpaired) electrons. The van der Waals surface area contributed by atoms with E-state index < -0.39 is 0 Å². The highest BCUT2D eigenvalue weighted by Gasteiger charge is 2.19. The number of para-hydroxylation sites is 2. The fourth-order valence-corrected chi connectivity index (χ4v) is 3.86. The van der Waals surface area contributed by atoms with Crippen LogP contribution in [0.5, 0.6) is 5.75 Å². The van der Waals surface area contributed by atoms with Gasteiger partial charge in [-0.05, 0) is 55.0 Å². The molecule has 1 aliphatic heterocycles. The molecular weight excluding hydrogens is 386 g/mol. The fraction of sp³-hybridized carbons (Fsp3) is 0.0769. The van der Waals surface area contributed by atoms with Crippen LogP contribution in [0.25, 0.3) is 28.6 Å². The number of hydrogen-bond acceptors (Lipinski definition) is 3. The van der Waals surface area contributed by atoms with E-state index in [4.69, 9.17) is 4.74 Å². The Morgan fingerprint density at radius 2 is 1.71 bits per heavy atom. The zero-order chi connectivity index (χ0) is 21.4. The number of ether oxygens (including phenoxy) is 1. The number of methoxy groups -OCH3 is 1. The first-order chi connectivity index (χ1) is 15.2. The highest BCUT2D eigenvalue weighted by molar-refractivity contribution is 6.21. The van der Waals surface area contributed by atoms with E-state index in [-0.39, 0.29) is 5.56 Å². The number of aryl methyl sites for hydroxylation is 1. The first kappa shape index (κ1) is 18.9. The molecular formula is C26H21N3O2. The van der Waals surface area contributed by atoms with Gasteiger partial charge < -0.3 is 4.74 Å². The van der Waals surface area contributed by atoms with Crippen molar-refractivity contribution in [3.63, 3.8) is 0 Å². The molecule has 0 aliphatic carbocycles. The van der Waals surface area contributed by atoms with Gasteiger partial charge in [0.15, 0.2) is 0 Å². The Morgan fingerprint density at radius 3 is 2.48 bits per heavy atom. The Kier molecular flexibility index (Phi) is 4.64. The van der Waals surface area contributed by atoms with Gasteiger partial charge in [-0.15, -0.1) is 0 Å². The van der Waals surface area contributed by atoms with Crippen molar-refractivity contribution in [3.05, 3.63) is 99.8 Å². The summed E-state index contributed by atoms with van der Waals surface area (Å²) in [6.45, 7) is 1.99.